The molecule has 0 radical (unpaired) electrons. The van der Waals surface area contributed by atoms with Gasteiger partial charge in [-0.25, -0.2) is 4.79 Å². The molecule has 0 saturated carbocycles. The van der Waals surface area contributed by atoms with E-state index < -0.39 is 0 Å². The molecule has 0 bridgehead atoms. The van der Waals surface area contributed by atoms with Gasteiger partial charge >= 0.3 is 6.09 Å². The summed E-state index contributed by atoms with van der Waals surface area (Å²) in [4.78, 5) is 17.3. The first-order valence-electron chi connectivity index (χ1n) is 7.62. The standard InChI is InChI=1S/C11H21NO2.C6H7N/c1-9-6-5-7-12(8-9)10(13)14-11(2,3)4;1-6-2-4-7-5-3-6/h9H,5-8H2,1-4H3;2-5H,1H3. The molecule has 1 aromatic heterocycles. The van der Waals surface area contributed by atoms with E-state index in [-0.39, 0.29) is 11.7 Å². The van der Waals surface area contributed by atoms with Crippen LogP contribution in [0, 0.1) is 12.8 Å². The van der Waals surface area contributed by atoms with Gasteiger partial charge in [0, 0.05) is 25.5 Å². The molecule has 1 atom stereocenters. The van der Waals surface area contributed by atoms with Crippen LogP contribution in [0.4, 0.5) is 4.79 Å². The van der Waals surface area contributed by atoms with Crippen molar-refractivity contribution in [1.82, 2.24) is 9.88 Å². The van der Waals surface area contributed by atoms with Crippen LogP contribution in [0.25, 0.3) is 0 Å². The van der Waals surface area contributed by atoms with Crippen molar-refractivity contribution in [2.75, 3.05) is 13.1 Å². The molecule has 0 spiro atoms. The van der Waals surface area contributed by atoms with Gasteiger partial charge in [0.1, 0.15) is 5.60 Å². The van der Waals surface area contributed by atoms with Crippen LogP contribution in [0.1, 0.15) is 46.1 Å². The summed E-state index contributed by atoms with van der Waals surface area (Å²) in [7, 11) is 0. The number of carbonyl (C=O) groups is 1. The number of rotatable bonds is 0. The fraction of sp³-hybridized carbons (Fsp3) is 0.647. The summed E-state index contributed by atoms with van der Waals surface area (Å²) in [5.74, 6) is 0.608. The van der Waals surface area contributed by atoms with Crippen molar-refractivity contribution in [3.63, 3.8) is 0 Å². The molecule has 2 heterocycles. The summed E-state index contributed by atoms with van der Waals surface area (Å²) < 4.78 is 5.31. The van der Waals surface area contributed by atoms with Gasteiger partial charge in [-0.1, -0.05) is 6.92 Å². The lowest BCUT2D eigenvalue weighted by Crippen LogP contribution is -2.42. The van der Waals surface area contributed by atoms with Crippen molar-refractivity contribution in [3.05, 3.63) is 30.1 Å². The summed E-state index contributed by atoms with van der Waals surface area (Å²) >= 11 is 0. The molecule has 1 aliphatic rings. The molecule has 1 amide bonds. The summed E-state index contributed by atoms with van der Waals surface area (Å²) in [6.07, 6.45) is 5.73. The summed E-state index contributed by atoms with van der Waals surface area (Å²) in [5, 5.41) is 0. The molecule has 118 valence electrons. The van der Waals surface area contributed by atoms with E-state index in [0.29, 0.717) is 5.92 Å². The van der Waals surface area contributed by atoms with Crippen LogP contribution in [0.15, 0.2) is 24.5 Å². The maximum absolute atomic E-state index is 11.7. The fourth-order valence-corrected chi connectivity index (χ4v) is 2.11. The Hall–Kier alpha value is -1.58. The van der Waals surface area contributed by atoms with E-state index in [1.165, 1.54) is 12.0 Å². The Morgan fingerprint density at radius 2 is 1.95 bits per heavy atom. The highest BCUT2D eigenvalue weighted by Crippen LogP contribution is 2.18. The number of ether oxygens (including phenoxy) is 1. The molecular formula is C17H28N2O2. The lowest BCUT2D eigenvalue weighted by Gasteiger charge is -2.32. The van der Waals surface area contributed by atoms with Gasteiger partial charge in [-0.05, 0) is 64.2 Å². The highest BCUT2D eigenvalue weighted by molar-refractivity contribution is 5.68. The average molecular weight is 292 g/mol. The Kier molecular flexibility index (Phi) is 6.66. The quantitative estimate of drug-likeness (QED) is 0.724. The highest BCUT2D eigenvalue weighted by Gasteiger charge is 2.25. The molecule has 1 aromatic rings. The van der Waals surface area contributed by atoms with Gasteiger partial charge in [-0.15, -0.1) is 0 Å². The van der Waals surface area contributed by atoms with Crippen LogP contribution in [-0.4, -0.2) is 34.7 Å². The predicted molar refractivity (Wildman–Crippen MR) is 85.2 cm³/mol. The lowest BCUT2D eigenvalue weighted by molar-refractivity contribution is 0.0174. The van der Waals surface area contributed by atoms with Crippen molar-refractivity contribution in [1.29, 1.82) is 0 Å². The van der Waals surface area contributed by atoms with Crippen molar-refractivity contribution in [2.45, 2.75) is 53.1 Å². The molecule has 4 heteroatoms. The minimum absolute atomic E-state index is 0.163. The van der Waals surface area contributed by atoms with Crippen LogP contribution < -0.4 is 0 Å². The number of nitrogens with zero attached hydrogens (tertiary/aromatic N) is 2. The Balaban J connectivity index is 0.000000262. The van der Waals surface area contributed by atoms with E-state index in [4.69, 9.17) is 4.74 Å². The average Bonchev–Trinajstić information content (AvgIpc) is 2.38. The topological polar surface area (TPSA) is 42.4 Å². The summed E-state index contributed by atoms with van der Waals surface area (Å²) in [6.45, 7) is 11.6. The van der Waals surface area contributed by atoms with Gasteiger partial charge < -0.3 is 9.64 Å². The van der Waals surface area contributed by atoms with Crippen LogP contribution in [0.2, 0.25) is 0 Å². The predicted octanol–water partition coefficient (Wildman–Crippen LogP) is 4.04. The zero-order chi connectivity index (χ0) is 15.9. The first kappa shape index (κ1) is 17.5. The van der Waals surface area contributed by atoms with Crippen molar-refractivity contribution < 1.29 is 9.53 Å². The SMILES string of the molecule is CC1CCCN(C(=O)OC(C)(C)C)C1.Cc1ccncc1. The Bertz CT molecular complexity index is 426. The number of carbonyl (C=O) groups excluding carboxylic acids is 1. The fourth-order valence-electron chi connectivity index (χ4n) is 2.11. The van der Waals surface area contributed by atoms with Gasteiger partial charge in [0.25, 0.3) is 0 Å². The number of hydrogen-bond donors (Lipinski definition) is 0. The van der Waals surface area contributed by atoms with Crippen LogP contribution in [0.3, 0.4) is 0 Å². The van der Waals surface area contributed by atoms with Crippen LogP contribution in [0.5, 0.6) is 0 Å². The van der Waals surface area contributed by atoms with Crippen molar-refractivity contribution in [2.24, 2.45) is 5.92 Å². The monoisotopic (exact) mass is 292 g/mol. The highest BCUT2D eigenvalue weighted by atomic mass is 16.6. The maximum atomic E-state index is 11.7. The third kappa shape index (κ3) is 7.69. The number of amides is 1. The number of likely N-dealkylation sites (tertiary alicyclic amines) is 1. The number of aryl methyl sites for hydroxylation is 1. The first-order chi connectivity index (χ1) is 9.78. The third-order valence-corrected chi connectivity index (χ3v) is 3.16. The second kappa shape index (κ2) is 8.01. The van der Waals surface area contributed by atoms with E-state index in [2.05, 4.69) is 11.9 Å². The minimum Gasteiger partial charge on any atom is -0.444 e. The molecule has 2 rings (SSSR count). The number of pyridine rings is 1. The lowest BCUT2D eigenvalue weighted by atomic mass is 10.0. The van der Waals surface area contributed by atoms with E-state index in [1.54, 1.807) is 12.4 Å². The van der Waals surface area contributed by atoms with Crippen molar-refractivity contribution in [3.8, 4) is 0 Å². The number of aromatic nitrogens is 1. The Labute approximate surface area is 128 Å². The Morgan fingerprint density at radius 1 is 1.33 bits per heavy atom. The van der Waals surface area contributed by atoms with Gasteiger partial charge in [-0.2, -0.15) is 0 Å². The summed E-state index contributed by atoms with van der Waals surface area (Å²) in [5.41, 5.74) is 0.882. The Morgan fingerprint density at radius 3 is 2.38 bits per heavy atom. The molecule has 0 aromatic carbocycles. The molecule has 0 N–H and O–H groups in total. The second-order valence-corrected chi connectivity index (χ2v) is 6.70. The number of piperidine rings is 1. The van der Waals surface area contributed by atoms with E-state index in [0.717, 1.165) is 19.5 Å². The third-order valence-electron chi connectivity index (χ3n) is 3.16. The molecule has 1 unspecified atom stereocenters. The maximum Gasteiger partial charge on any atom is 0.410 e. The smallest absolute Gasteiger partial charge is 0.410 e. The number of hydrogen-bond acceptors (Lipinski definition) is 3. The molecule has 1 aliphatic heterocycles. The van der Waals surface area contributed by atoms with Gasteiger partial charge in [0.05, 0.1) is 0 Å². The van der Waals surface area contributed by atoms with Gasteiger partial charge in [-0.3, -0.25) is 4.98 Å². The van der Waals surface area contributed by atoms with Gasteiger partial charge in [0.2, 0.25) is 0 Å². The largest absolute Gasteiger partial charge is 0.444 e. The molecule has 0 aliphatic carbocycles. The minimum atomic E-state index is -0.377. The molecule has 1 saturated heterocycles. The second-order valence-electron chi connectivity index (χ2n) is 6.70. The normalized spacial score (nSPS) is 18.5. The summed E-state index contributed by atoms with van der Waals surface area (Å²) in [6, 6.07) is 3.94. The van der Waals surface area contributed by atoms with Crippen molar-refractivity contribution >= 4 is 6.09 Å². The zero-order valence-electron chi connectivity index (χ0n) is 13.9. The molecule has 1 fully saturated rings. The van der Waals surface area contributed by atoms with E-state index in [1.807, 2.05) is 44.7 Å². The first-order valence-corrected chi connectivity index (χ1v) is 7.62. The molecular weight excluding hydrogens is 264 g/mol. The van der Waals surface area contributed by atoms with E-state index >= 15 is 0 Å². The van der Waals surface area contributed by atoms with Gasteiger partial charge in [0.15, 0.2) is 0 Å². The zero-order valence-corrected chi connectivity index (χ0v) is 13.9. The molecule has 21 heavy (non-hydrogen) atoms. The van der Waals surface area contributed by atoms with E-state index in [9.17, 15) is 4.79 Å². The van der Waals surface area contributed by atoms with Crippen LogP contribution in [-0.2, 0) is 4.74 Å². The molecule has 4 nitrogen and oxygen atoms in total. The van der Waals surface area contributed by atoms with Crippen LogP contribution >= 0.6 is 0 Å².